The fourth-order valence-corrected chi connectivity index (χ4v) is 2.54. The summed E-state index contributed by atoms with van der Waals surface area (Å²) in [5, 5.41) is 3.56. The van der Waals surface area contributed by atoms with E-state index in [1.807, 2.05) is 6.20 Å². The van der Waals surface area contributed by atoms with Crippen LogP contribution in [-0.4, -0.2) is 15.6 Å². The van der Waals surface area contributed by atoms with Crippen LogP contribution in [0.3, 0.4) is 0 Å². The van der Waals surface area contributed by atoms with Crippen LogP contribution in [-0.2, 0) is 13.1 Å². The standard InChI is InChI=1S/C15H18IN3/c1-11-17-8-15(9-18-14-6-7-14)19(11)10-12-2-4-13(16)5-3-12/h2-5,8,14,18H,6-7,9-10H2,1H3. The zero-order valence-electron chi connectivity index (χ0n) is 11.1. The highest BCUT2D eigenvalue weighted by atomic mass is 127. The van der Waals surface area contributed by atoms with Crippen molar-refractivity contribution in [2.45, 2.75) is 38.9 Å². The highest BCUT2D eigenvalue weighted by molar-refractivity contribution is 14.1. The Morgan fingerprint density at radius 1 is 1.32 bits per heavy atom. The lowest BCUT2D eigenvalue weighted by Gasteiger charge is -2.11. The van der Waals surface area contributed by atoms with Gasteiger partial charge in [-0.3, -0.25) is 0 Å². The average molecular weight is 367 g/mol. The third kappa shape index (κ3) is 3.36. The molecule has 100 valence electrons. The lowest BCUT2D eigenvalue weighted by atomic mass is 10.2. The van der Waals surface area contributed by atoms with Crippen molar-refractivity contribution in [3.05, 3.63) is 51.1 Å². The van der Waals surface area contributed by atoms with Crippen LogP contribution in [0, 0.1) is 10.5 Å². The molecule has 0 spiro atoms. The summed E-state index contributed by atoms with van der Waals surface area (Å²) in [6.45, 7) is 3.91. The Morgan fingerprint density at radius 2 is 2.05 bits per heavy atom. The number of aromatic nitrogens is 2. The number of aryl methyl sites for hydroxylation is 1. The van der Waals surface area contributed by atoms with Gasteiger partial charge in [0.05, 0.1) is 5.69 Å². The Morgan fingerprint density at radius 3 is 2.74 bits per heavy atom. The number of nitrogens with zero attached hydrogens (tertiary/aromatic N) is 2. The predicted octanol–water partition coefficient (Wildman–Crippen LogP) is 3.10. The van der Waals surface area contributed by atoms with E-state index in [1.54, 1.807) is 0 Å². The lowest BCUT2D eigenvalue weighted by molar-refractivity contribution is 0.626. The Hall–Kier alpha value is -0.880. The minimum absolute atomic E-state index is 0.738. The maximum absolute atomic E-state index is 4.45. The molecule has 1 aliphatic carbocycles. The van der Waals surface area contributed by atoms with Gasteiger partial charge in [0.15, 0.2) is 0 Å². The molecule has 0 bridgehead atoms. The molecule has 2 aromatic rings. The molecule has 0 radical (unpaired) electrons. The van der Waals surface area contributed by atoms with Crippen molar-refractivity contribution < 1.29 is 0 Å². The second-order valence-electron chi connectivity index (χ2n) is 5.16. The molecule has 0 amide bonds. The van der Waals surface area contributed by atoms with Gasteiger partial charge in [-0.2, -0.15) is 0 Å². The van der Waals surface area contributed by atoms with Crippen molar-refractivity contribution in [3.63, 3.8) is 0 Å². The molecule has 0 aliphatic heterocycles. The lowest BCUT2D eigenvalue weighted by Crippen LogP contribution is -2.18. The maximum Gasteiger partial charge on any atom is 0.106 e. The molecule has 1 saturated carbocycles. The molecule has 1 heterocycles. The van der Waals surface area contributed by atoms with E-state index in [2.05, 4.69) is 68.6 Å². The first kappa shape index (κ1) is 13.1. The van der Waals surface area contributed by atoms with E-state index < -0.39 is 0 Å². The van der Waals surface area contributed by atoms with E-state index in [0.29, 0.717) is 0 Å². The second kappa shape index (κ2) is 5.63. The summed E-state index contributed by atoms with van der Waals surface area (Å²) >= 11 is 2.34. The minimum atomic E-state index is 0.738. The molecule has 4 heteroatoms. The Kier molecular flexibility index (Phi) is 3.88. The van der Waals surface area contributed by atoms with Crippen LogP contribution in [0.25, 0.3) is 0 Å². The average Bonchev–Trinajstić information content (AvgIpc) is 3.17. The van der Waals surface area contributed by atoms with Gasteiger partial charge in [-0.1, -0.05) is 12.1 Å². The number of imidazole rings is 1. The smallest absolute Gasteiger partial charge is 0.106 e. The van der Waals surface area contributed by atoms with E-state index >= 15 is 0 Å². The molecule has 1 fully saturated rings. The summed E-state index contributed by atoms with van der Waals surface area (Å²) in [6.07, 6.45) is 4.64. The molecular formula is C15H18IN3. The van der Waals surface area contributed by atoms with E-state index in [4.69, 9.17) is 0 Å². The Balaban J connectivity index is 1.74. The highest BCUT2D eigenvalue weighted by Gasteiger charge is 2.20. The zero-order valence-corrected chi connectivity index (χ0v) is 13.2. The first-order valence-corrected chi connectivity index (χ1v) is 7.79. The number of nitrogens with one attached hydrogen (secondary N) is 1. The summed E-state index contributed by atoms with van der Waals surface area (Å²) < 4.78 is 3.58. The minimum Gasteiger partial charge on any atom is -0.327 e. The summed E-state index contributed by atoms with van der Waals surface area (Å²) in [6, 6.07) is 9.44. The molecule has 19 heavy (non-hydrogen) atoms. The van der Waals surface area contributed by atoms with Crippen LogP contribution in [0.4, 0.5) is 0 Å². The molecule has 1 aromatic carbocycles. The van der Waals surface area contributed by atoms with Gasteiger partial charge in [0.25, 0.3) is 0 Å². The van der Waals surface area contributed by atoms with Gasteiger partial charge < -0.3 is 9.88 Å². The van der Waals surface area contributed by atoms with Gasteiger partial charge in [0.1, 0.15) is 5.82 Å². The number of hydrogen-bond donors (Lipinski definition) is 1. The molecule has 1 aliphatic rings. The van der Waals surface area contributed by atoms with Crippen LogP contribution in [0.2, 0.25) is 0 Å². The quantitative estimate of drug-likeness (QED) is 0.824. The molecule has 0 saturated heterocycles. The van der Waals surface area contributed by atoms with E-state index in [0.717, 1.165) is 25.0 Å². The van der Waals surface area contributed by atoms with E-state index in [-0.39, 0.29) is 0 Å². The second-order valence-corrected chi connectivity index (χ2v) is 6.41. The van der Waals surface area contributed by atoms with E-state index in [9.17, 15) is 0 Å². The molecule has 3 nitrogen and oxygen atoms in total. The first-order valence-electron chi connectivity index (χ1n) is 6.71. The first-order chi connectivity index (χ1) is 9.22. The monoisotopic (exact) mass is 367 g/mol. The molecular weight excluding hydrogens is 349 g/mol. The third-order valence-electron chi connectivity index (χ3n) is 3.54. The van der Waals surface area contributed by atoms with Crippen LogP contribution in [0.5, 0.6) is 0 Å². The number of halogens is 1. The van der Waals surface area contributed by atoms with Gasteiger partial charge in [-0.25, -0.2) is 4.98 Å². The van der Waals surface area contributed by atoms with E-state index in [1.165, 1.54) is 27.7 Å². The number of benzene rings is 1. The largest absolute Gasteiger partial charge is 0.327 e. The zero-order chi connectivity index (χ0) is 13.2. The Bertz CT molecular complexity index is 555. The predicted molar refractivity (Wildman–Crippen MR) is 85.1 cm³/mol. The van der Waals surface area contributed by atoms with Crippen LogP contribution in [0.15, 0.2) is 30.5 Å². The fraction of sp³-hybridized carbons (Fsp3) is 0.400. The van der Waals surface area contributed by atoms with Crippen molar-refractivity contribution in [1.29, 1.82) is 0 Å². The summed E-state index contributed by atoms with van der Waals surface area (Å²) in [5.41, 5.74) is 2.61. The Labute approximate surface area is 127 Å². The third-order valence-corrected chi connectivity index (χ3v) is 4.26. The van der Waals surface area contributed by atoms with Gasteiger partial charge in [-0.15, -0.1) is 0 Å². The molecule has 1 N–H and O–H groups in total. The van der Waals surface area contributed by atoms with Gasteiger partial charge in [0.2, 0.25) is 0 Å². The normalized spacial score (nSPS) is 14.8. The topological polar surface area (TPSA) is 29.9 Å². The van der Waals surface area contributed by atoms with Crippen LogP contribution >= 0.6 is 22.6 Å². The number of hydrogen-bond acceptors (Lipinski definition) is 2. The summed E-state index contributed by atoms with van der Waals surface area (Å²) in [4.78, 5) is 4.45. The van der Waals surface area contributed by atoms with Crippen LogP contribution < -0.4 is 5.32 Å². The molecule has 0 unspecified atom stereocenters. The van der Waals surface area contributed by atoms with Crippen molar-refractivity contribution in [1.82, 2.24) is 14.9 Å². The van der Waals surface area contributed by atoms with Gasteiger partial charge >= 0.3 is 0 Å². The van der Waals surface area contributed by atoms with Gasteiger partial charge in [0, 0.05) is 28.9 Å². The highest BCUT2D eigenvalue weighted by Crippen LogP contribution is 2.19. The summed E-state index contributed by atoms with van der Waals surface area (Å²) in [7, 11) is 0. The molecule has 1 aromatic heterocycles. The SMILES string of the molecule is Cc1ncc(CNC2CC2)n1Cc1ccc(I)cc1. The van der Waals surface area contributed by atoms with Gasteiger partial charge in [-0.05, 0) is 60.1 Å². The molecule has 3 rings (SSSR count). The van der Waals surface area contributed by atoms with Crippen molar-refractivity contribution >= 4 is 22.6 Å². The number of rotatable bonds is 5. The van der Waals surface area contributed by atoms with Crippen molar-refractivity contribution in [2.75, 3.05) is 0 Å². The summed E-state index contributed by atoms with van der Waals surface area (Å²) in [5.74, 6) is 1.09. The fourth-order valence-electron chi connectivity index (χ4n) is 2.18. The molecule has 0 atom stereocenters. The van der Waals surface area contributed by atoms with Crippen molar-refractivity contribution in [3.8, 4) is 0 Å². The van der Waals surface area contributed by atoms with Crippen molar-refractivity contribution in [2.24, 2.45) is 0 Å². The maximum atomic E-state index is 4.45. The van der Waals surface area contributed by atoms with Crippen LogP contribution in [0.1, 0.15) is 29.9 Å².